The number of hydrogen-bond donors (Lipinski definition) is 1. The maximum atomic E-state index is 10.8. The van der Waals surface area contributed by atoms with Gasteiger partial charge >= 0.3 is 5.97 Å². The van der Waals surface area contributed by atoms with Crippen molar-refractivity contribution in [3.8, 4) is 0 Å². The Balaban J connectivity index is 0. The van der Waals surface area contributed by atoms with E-state index in [1.807, 2.05) is 20.8 Å². The Morgan fingerprint density at radius 3 is 2.25 bits per heavy atom. The van der Waals surface area contributed by atoms with E-state index in [4.69, 9.17) is 10.5 Å². The molecule has 74 valence electrons. The van der Waals surface area contributed by atoms with Crippen molar-refractivity contribution in [2.24, 2.45) is 5.73 Å². The molecule has 12 heavy (non-hydrogen) atoms. The van der Waals surface area contributed by atoms with Crippen LogP contribution in [0.4, 0.5) is 0 Å². The van der Waals surface area contributed by atoms with Gasteiger partial charge in [-0.15, -0.1) is 0 Å². The lowest BCUT2D eigenvalue weighted by atomic mass is 10.2. The van der Waals surface area contributed by atoms with Crippen molar-refractivity contribution in [2.75, 3.05) is 6.61 Å². The van der Waals surface area contributed by atoms with Crippen LogP contribution in [0.5, 0.6) is 0 Å². The summed E-state index contributed by atoms with van der Waals surface area (Å²) in [5.41, 5.74) is 5.44. The van der Waals surface area contributed by atoms with E-state index in [0.717, 1.165) is 6.42 Å². The number of carbonyl (C=O) groups is 1. The van der Waals surface area contributed by atoms with Gasteiger partial charge in [-0.3, -0.25) is 4.79 Å². The summed E-state index contributed by atoms with van der Waals surface area (Å²) in [6.45, 7) is 8.17. The fourth-order valence-corrected chi connectivity index (χ4v) is 0.678. The van der Waals surface area contributed by atoms with Crippen LogP contribution < -0.4 is 5.73 Å². The summed E-state index contributed by atoms with van der Waals surface area (Å²) in [4.78, 5) is 10.8. The Bertz CT molecular complexity index is 105. The molecule has 1 atom stereocenters. The molecule has 0 radical (unpaired) electrons. The van der Waals surface area contributed by atoms with Crippen molar-refractivity contribution in [1.29, 1.82) is 0 Å². The molecule has 0 rings (SSSR count). The van der Waals surface area contributed by atoms with Crippen molar-refractivity contribution < 1.29 is 9.53 Å². The van der Waals surface area contributed by atoms with Crippen molar-refractivity contribution >= 4 is 5.97 Å². The summed E-state index contributed by atoms with van der Waals surface area (Å²) >= 11 is 0. The molecule has 0 saturated carbocycles. The molecule has 0 fully saturated rings. The predicted octanol–water partition coefficient (Wildman–Crippen LogP) is 1.70. The van der Waals surface area contributed by atoms with Crippen molar-refractivity contribution in [2.45, 2.75) is 46.6 Å². The Morgan fingerprint density at radius 2 is 1.92 bits per heavy atom. The van der Waals surface area contributed by atoms with Crippen LogP contribution >= 0.6 is 0 Å². The molecule has 0 saturated heterocycles. The number of rotatable bonds is 4. The van der Waals surface area contributed by atoms with E-state index < -0.39 is 6.04 Å². The van der Waals surface area contributed by atoms with Crippen LogP contribution in [-0.4, -0.2) is 18.6 Å². The average Bonchev–Trinajstić information content (AvgIpc) is 2.09. The zero-order chi connectivity index (χ0) is 9.98. The van der Waals surface area contributed by atoms with E-state index in [9.17, 15) is 4.79 Å². The van der Waals surface area contributed by atoms with Crippen LogP contribution in [0.2, 0.25) is 0 Å². The van der Waals surface area contributed by atoms with Gasteiger partial charge in [0, 0.05) is 0 Å². The highest BCUT2D eigenvalue weighted by Gasteiger charge is 2.11. The SMILES string of the molecule is CC.CCCC(N)C(=O)OCC. The first-order valence-electron chi connectivity index (χ1n) is 4.64. The molecule has 0 amide bonds. The van der Waals surface area contributed by atoms with Crippen LogP contribution in [0.15, 0.2) is 0 Å². The summed E-state index contributed by atoms with van der Waals surface area (Å²) in [5, 5.41) is 0. The molecule has 0 aromatic rings. The Morgan fingerprint density at radius 1 is 1.42 bits per heavy atom. The molecule has 0 bridgehead atoms. The average molecular weight is 175 g/mol. The van der Waals surface area contributed by atoms with E-state index in [0.29, 0.717) is 13.0 Å². The highest BCUT2D eigenvalue weighted by Crippen LogP contribution is 1.95. The largest absolute Gasteiger partial charge is 0.465 e. The monoisotopic (exact) mass is 175 g/mol. The molecule has 0 aliphatic carbocycles. The van der Waals surface area contributed by atoms with E-state index in [-0.39, 0.29) is 5.97 Å². The van der Waals surface area contributed by atoms with Gasteiger partial charge in [0.1, 0.15) is 6.04 Å². The van der Waals surface area contributed by atoms with E-state index >= 15 is 0 Å². The van der Waals surface area contributed by atoms with Crippen LogP contribution in [0.3, 0.4) is 0 Å². The van der Waals surface area contributed by atoms with Gasteiger partial charge in [-0.2, -0.15) is 0 Å². The van der Waals surface area contributed by atoms with Crippen LogP contribution in [0.25, 0.3) is 0 Å². The standard InChI is InChI=1S/C7H15NO2.C2H6/c1-3-5-6(8)7(9)10-4-2;1-2/h6H,3-5,8H2,1-2H3;1-2H3. The zero-order valence-electron chi connectivity index (χ0n) is 8.59. The van der Waals surface area contributed by atoms with Gasteiger partial charge in [0.05, 0.1) is 6.61 Å². The second kappa shape index (κ2) is 10.4. The lowest BCUT2D eigenvalue weighted by Crippen LogP contribution is -2.31. The fraction of sp³-hybridized carbons (Fsp3) is 0.889. The van der Waals surface area contributed by atoms with Gasteiger partial charge in [-0.25, -0.2) is 0 Å². The Kier molecular flexibility index (Phi) is 12.2. The van der Waals surface area contributed by atoms with Crippen LogP contribution in [0, 0.1) is 0 Å². The maximum absolute atomic E-state index is 10.8. The van der Waals surface area contributed by atoms with Gasteiger partial charge in [0.15, 0.2) is 0 Å². The molecule has 2 N–H and O–H groups in total. The molecule has 0 aliphatic heterocycles. The quantitative estimate of drug-likeness (QED) is 0.662. The maximum Gasteiger partial charge on any atom is 0.322 e. The molecule has 3 nitrogen and oxygen atoms in total. The first-order chi connectivity index (χ1) is 5.72. The first kappa shape index (κ1) is 14.0. The number of esters is 1. The zero-order valence-corrected chi connectivity index (χ0v) is 8.59. The predicted molar refractivity (Wildman–Crippen MR) is 50.9 cm³/mol. The molecule has 0 heterocycles. The van der Waals surface area contributed by atoms with Gasteiger partial charge in [0.2, 0.25) is 0 Å². The van der Waals surface area contributed by atoms with E-state index in [2.05, 4.69) is 0 Å². The van der Waals surface area contributed by atoms with E-state index in [1.165, 1.54) is 0 Å². The highest BCUT2D eigenvalue weighted by molar-refractivity contribution is 5.75. The third kappa shape index (κ3) is 7.54. The van der Waals surface area contributed by atoms with Crippen molar-refractivity contribution in [3.63, 3.8) is 0 Å². The Hall–Kier alpha value is -0.570. The van der Waals surface area contributed by atoms with Gasteiger partial charge in [-0.05, 0) is 13.3 Å². The number of hydrogen-bond acceptors (Lipinski definition) is 3. The molecule has 0 aromatic carbocycles. The molecule has 1 unspecified atom stereocenters. The smallest absolute Gasteiger partial charge is 0.322 e. The van der Waals surface area contributed by atoms with Crippen LogP contribution in [0.1, 0.15) is 40.5 Å². The summed E-state index contributed by atoms with van der Waals surface area (Å²) in [6.07, 6.45) is 1.62. The Labute approximate surface area is 75.3 Å². The summed E-state index contributed by atoms with van der Waals surface area (Å²) in [7, 11) is 0. The normalized spacial score (nSPS) is 11.1. The van der Waals surface area contributed by atoms with Crippen LogP contribution in [-0.2, 0) is 9.53 Å². The second-order valence-electron chi connectivity index (χ2n) is 2.15. The fourth-order valence-electron chi connectivity index (χ4n) is 0.678. The second-order valence-corrected chi connectivity index (χ2v) is 2.15. The molecular formula is C9H21NO2. The molecule has 0 aromatic heterocycles. The minimum absolute atomic E-state index is 0.288. The number of carbonyl (C=O) groups excluding carboxylic acids is 1. The lowest BCUT2D eigenvalue weighted by Gasteiger charge is -2.07. The molecule has 0 spiro atoms. The first-order valence-corrected chi connectivity index (χ1v) is 4.64. The molecule has 3 heteroatoms. The van der Waals surface area contributed by atoms with Gasteiger partial charge in [-0.1, -0.05) is 27.2 Å². The molecular weight excluding hydrogens is 154 g/mol. The third-order valence-electron chi connectivity index (χ3n) is 1.19. The van der Waals surface area contributed by atoms with Gasteiger partial charge < -0.3 is 10.5 Å². The third-order valence-corrected chi connectivity index (χ3v) is 1.19. The van der Waals surface area contributed by atoms with Crippen molar-refractivity contribution in [3.05, 3.63) is 0 Å². The number of nitrogens with two attached hydrogens (primary N) is 1. The summed E-state index contributed by atoms with van der Waals surface area (Å²) in [6, 6.07) is -0.426. The van der Waals surface area contributed by atoms with E-state index in [1.54, 1.807) is 6.92 Å². The summed E-state index contributed by atoms with van der Waals surface area (Å²) in [5.74, 6) is -0.288. The highest BCUT2D eigenvalue weighted by atomic mass is 16.5. The lowest BCUT2D eigenvalue weighted by molar-refractivity contribution is -0.144. The minimum Gasteiger partial charge on any atom is -0.465 e. The summed E-state index contributed by atoms with van der Waals surface area (Å²) < 4.78 is 4.69. The topological polar surface area (TPSA) is 52.3 Å². The minimum atomic E-state index is -0.426. The van der Waals surface area contributed by atoms with Gasteiger partial charge in [0.25, 0.3) is 0 Å². The number of ether oxygens (including phenoxy) is 1. The molecule has 0 aliphatic rings. The van der Waals surface area contributed by atoms with Crippen molar-refractivity contribution in [1.82, 2.24) is 0 Å².